The van der Waals surface area contributed by atoms with E-state index < -0.39 is 6.04 Å². The number of halogens is 2. The molecule has 0 unspecified atom stereocenters. The summed E-state index contributed by atoms with van der Waals surface area (Å²) in [6, 6.07) is 3.28. The molecule has 0 aliphatic carbocycles. The van der Waals surface area contributed by atoms with E-state index in [0.717, 1.165) is 56.0 Å². The largest absolute Gasteiger partial charge is 0.379 e. The van der Waals surface area contributed by atoms with Crippen molar-refractivity contribution in [1.29, 1.82) is 0 Å². The molecule has 1 saturated heterocycles. The maximum Gasteiger partial charge on any atom is 0.194 e. The lowest BCUT2D eigenvalue weighted by Crippen LogP contribution is -2.37. The molecule has 0 spiro atoms. The van der Waals surface area contributed by atoms with Crippen LogP contribution in [0.15, 0.2) is 21.6 Å². The van der Waals surface area contributed by atoms with Crippen molar-refractivity contribution < 1.29 is 9.53 Å². The lowest BCUT2D eigenvalue weighted by molar-refractivity contribution is 0.0377. The van der Waals surface area contributed by atoms with E-state index in [4.69, 9.17) is 16.3 Å². The molecule has 5 nitrogen and oxygen atoms in total. The number of ether oxygens (including phenoxy) is 1. The number of anilines is 1. The Morgan fingerprint density at radius 1 is 1.43 bits per heavy atom. The van der Waals surface area contributed by atoms with Crippen LogP contribution < -0.4 is 5.32 Å². The number of aliphatic imine (C=N–C) groups is 1. The minimum Gasteiger partial charge on any atom is -0.379 e. The summed E-state index contributed by atoms with van der Waals surface area (Å²) in [5.41, 5.74) is 1.32. The first kappa shape index (κ1) is 16.9. The Bertz CT molecular complexity index is 618. The molecule has 0 saturated carbocycles. The second-order valence-corrected chi connectivity index (χ2v) is 6.87. The van der Waals surface area contributed by atoms with Gasteiger partial charge in [0.25, 0.3) is 0 Å². The highest BCUT2D eigenvalue weighted by Crippen LogP contribution is 2.36. The van der Waals surface area contributed by atoms with Gasteiger partial charge in [0.1, 0.15) is 6.04 Å². The molecule has 2 aliphatic heterocycles. The summed E-state index contributed by atoms with van der Waals surface area (Å²) in [5.74, 6) is -0.0248. The van der Waals surface area contributed by atoms with E-state index in [-0.39, 0.29) is 5.78 Å². The SMILES string of the molecule is O=C1c2c(ccc(Br)c2Cl)N[C@@H]1C=NCCCN1CCOCC1. The molecule has 0 aromatic heterocycles. The molecular formula is C16H19BrClN3O2. The molecule has 0 bridgehead atoms. The average molecular weight is 401 g/mol. The summed E-state index contributed by atoms with van der Waals surface area (Å²) >= 11 is 9.55. The number of rotatable bonds is 5. The Labute approximate surface area is 149 Å². The Kier molecular flexibility index (Phi) is 5.69. The van der Waals surface area contributed by atoms with Gasteiger partial charge in [-0.05, 0) is 34.5 Å². The van der Waals surface area contributed by atoms with Crippen LogP contribution in [0.3, 0.4) is 0 Å². The van der Waals surface area contributed by atoms with Gasteiger partial charge < -0.3 is 10.1 Å². The first-order chi connectivity index (χ1) is 11.2. The van der Waals surface area contributed by atoms with Crippen LogP contribution >= 0.6 is 27.5 Å². The second-order valence-electron chi connectivity index (χ2n) is 5.63. The number of benzene rings is 1. The molecule has 1 N–H and O–H groups in total. The number of hydrogen-bond acceptors (Lipinski definition) is 5. The molecule has 124 valence electrons. The summed E-state index contributed by atoms with van der Waals surface area (Å²) in [5, 5.41) is 3.62. The average Bonchev–Trinajstić information content (AvgIpc) is 2.88. The Balaban J connectivity index is 1.49. The summed E-state index contributed by atoms with van der Waals surface area (Å²) in [6.07, 6.45) is 2.68. The molecule has 2 aliphatic rings. The fourth-order valence-electron chi connectivity index (χ4n) is 2.80. The molecule has 1 fully saturated rings. The zero-order chi connectivity index (χ0) is 16.2. The van der Waals surface area contributed by atoms with Crippen LogP contribution in [0, 0.1) is 0 Å². The van der Waals surface area contributed by atoms with Gasteiger partial charge in [0, 0.05) is 42.6 Å². The Morgan fingerprint density at radius 2 is 2.22 bits per heavy atom. The molecule has 1 aromatic carbocycles. The normalized spacial score (nSPS) is 21.7. The van der Waals surface area contributed by atoms with Crippen molar-refractivity contribution in [3.05, 3.63) is 27.2 Å². The summed E-state index contributed by atoms with van der Waals surface area (Å²) in [7, 11) is 0. The molecule has 23 heavy (non-hydrogen) atoms. The van der Waals surface area contributed by atoms with Crippen LogP contribution in [0.2, 0.25) is 5.02 Å². The van der Waals surface area contributed by atoms with E-state index in [1.54, 1.807) is 6.21 Å². The molecule has 3 rings (SSSR count). The van der Waals surface area contributed by atoms with Crippen molar-refractivity contribution in [2.24, 2.45) is 4.99 Å². The van der Waals surface area contributed by atoms with E-state index >= 15 is 0 Å². The fourth-order valence-corrected chi connectivity index (χ4v) is 3.38. The topological polar surface area (TPSA) is 53.9 Å². The van der Waals surface area contributed by atoms with Gasteiger partial charge in [-0.1, -0.05) is 11.6 Å². The number of fused-ring (bicyclic) bond motifs is 1. The zero-order valence-electron chi connectivity index (χ0n) is 12.7. The molecule has 0 radical (unpaired) electrons. The lowest BCUT2D eigenvalue weighted by Gasteiger charge is -2.26. The first-order valence-electron chi connectivity index (χ1n) is 7.75. The molecular weight excluding hydrogens is 382 g/mol. The number of nitrogens with zero attached hydrogens (tertiary/aromatic N) is 2. The van der Waals surface area contributed by atoms with Crippen LogP contribution in [-0.4, -0.2) is 62.3 Å². The number of carbonyl (C=O) groups excluding carboxylic acids is 1. The van der Waals surface area contributed by atoms with Gasteiger partial charge >= 0.3 is 0 Å². The highest BCUT2D eigenvalue weighted by molar-refractivity contribution is 9.10. The summed E-state index contributed by atoms with van der Waals surface area (Å²) < 4.78 is 6.06. The van der Waals surface area contributed by atoms with E-state index in [9.17, 15) is 4.79 Å². The van der Waals surface area contributed by atoms with E-state index in [0.29, 0.717) is 10.6 Å². The predicted octanol–water partition coefficient (Wildman–Crippen LogP) is 2.87. The number of carbonyl (C=O) groups is 1. The lowest BCUT2D eigenvalue weighted by atomic mass is 10.1. The maximum atomic E-state index is 12.4. The van der Waals surface area contributed by atoms with Gasteiger partial charge in [0.2, 0.25) is 0 Å². The Morgan fingerprint density at radius 3 is 3.00 bits per heavy atom. The summed E-state index contributed by atoms with van der Waals surface area (Å²) in [4.78, 5) is 19.2. The third-order valence-corrected chi connectivity index (χ3v) is 5.34. The molecule has 1 atom stereocenters. The monoisotopic (exact) mass is 399 g/mol. The minimum absolute atomic E-state index is 0.0248. The third kappa shape index (κ3) is 3.94. The quantitative estimate of drug-likeness (QED) is 0.610. The number of ketones is 1. The van der Waals surface area contributed by atoms with Crippen molar-refractivity contribution in [2.75, 3.05) is 44.7 Å². The van der Waals surface area contributed by atoms with Crippen LogP contribution in [0.4, 0.5) is 5.69 Å². The van der Waals surface area contributed by atoms with Crippen molar-refractivity contribution in [3.8, 4) is 0 Å². The van der Waals surface area contributed by atoms with Gasteiger partial charge in [0.15, 0.2) is 5.78 Å². The van der Waals surface area contributed by atoms with Gasteiger partial charge in [-0.2, -0.15) is 0 Å². The van der Waals surface area contributed by atoms with E-state index in [1.165, 1.54) is 0 Å². The molecule has 0 amide bonds. The zero-order valence-corrected chi connectivity index (χ0v) is 15.1. The first-order valence-corrected chi connectivity index (χ1v) is 8.92. The highest BCUT2D eigenvalue weighted by atomic mass is 79.9. The van der Waals surface area contributed by atoms with Crippen LogP contribution in [0.1, 0.15) is 16.8 Å². The third-order valence-electron chi connectivity index (χ3n) is 4.05. The minimum atomic E-state index is -0.416. The van der Waals surface area contributed by atoms with Gasteiger partial charge in [-0.3, -0.25) is 14.7 Å². The van der Waals surface area contributed by atoms with Crippen molar-refractivity contribution >= 4 is 45.2 Å². The highest BCUT2D eigenvalue weighted by Gasteiger charge is 2.31. The number of nitrogens with one attached hydrogen (secondary N) is 1. The standard InChI is InChI=1S/C16H19BrClN3O2/c17-11-2-3-12-14(15(11)18)16(22)13(20-12)10-19-4-1-5-21-6-8-23-9-7-21/h2-3,10,13,20H,1,4-9H2/t13-/m1/s1. The number of hydrogen-bond donors (Lipinski definition) is 1. The second kappa shape index (κ2) is 7.75. The smallest absolute Gasteiger partial charge is 0.194 e. The predicted molar refractivity (Wildman–Crippen MR) is 96.1 cm³/mol. The molecule has 2 heterocycles. The maximum absolute atomic E-state index is 12.4. The van der Waals surface area contributed by atoms with Crippen LogP contribution in [0.25, 0.3) is 0 Å². The summed E-state index contributed by atoms with van der Waals surface area (Å²) in [6.45, 7) is 5.36. The fraction of sp³-hybridized carbons (Fsp3) is 0.500. The molecule has 7 heteroatoms. The van der Waals surface area contributed by atoms with E-state index in [2.05, 4.69) is 31.1 Å². The van der Waals surface area contributed by atoms with Crippen molar-refractivity contribution in [3.63, 3.8) is 0 Å². The van der Waals surface area contributed by atoms with Crippen LogP contribution in [0.5, 0.6) is 0 Å². The Hall–Kier alpha value is -0.950. The van der Waals surface area contributed by atoms with Gasteiger partial charge in [0.05, 0.1) is 23.8 Å². The van der Waals surface area contributed by atoms with Crippen molar-refractivity contribution in [1.82, 2.24) is 4.90 Å². The van der Waals surface area contributed by atoms with Gasteiger partial charge in [-0.25, -0.2) is 0 Å². The number of morpholine rings is 1. The van der Waals surface area contributed by atoms with Gasteiger partial charge in [-0.15, -0.1) is 0 Å². The van der Waals surface area contributed by atoms with Crippen LogP contribution in [-0.2, 0) is 4.74 Å². The van der Waals surface area contributed by atoms with E-state index in [1.807, 2.05) is 12.1 Å². The number of Topliss-reactive ketones (excluding diaryl/α,β-unsaturated/α-hetero) is 1. The van der Waals surface area contributed by atoms with Crippen molar-refractivity contribution in [2.45, 2.75) is 12.5 Å². The molecule has 1 aromatic rings.